The van der Waals surface area contributed by atoms with E-state index >= 15 is 0 Å². The first-order chi connectivity index (χ1) is 19.2. The molecule has 0 radical (unpaired) electrons. The summed E-state index contributed by atoms with van der Waals surface area (Å²) in [5.41, 5.74) is 2.78. The number of hydrogen-bond donors (Lipinski definition) is 1. The zero-order valence-electron chi connectivity index (χ0n) is 22.9. The fraction of sp³-hybridized carbons (Fsp3) is 0.310. The number of pyridine rings is 1. The number of fused-ring (bicyclic) bond motifs is 1. The van der Waals surface area contributed by atoms with Gasteiger partial charge in [0.15, 0.2) is 11.5 Å². The van der Waals surface area contributed by atoms with E-state index < -0.39 is 11.6 Å². The molecule has 0 spiro atoms. The minimum atomic E-state index is -0.944. The highest BCUT2D eigenvalue weighted by Gasteiger charge is 2.34. The molecule has 1 aliphatic rings. The number of tetrazole rings is 1. The van der Waals surface area contributed by atoms with Gasteiger partial charge < -0.3 is 19.7 Å². The standard InChI is InChI=1S/C29H31N7O4/c1-19-5-8-22(9-6-19)27-32-34-36(33-27)17-25(37)35(16-20-7-10-23-24(15-20)40-18-39-23)26(21-11-13-30-14-12-21)28(38)31-29(2,3)4/h5-15,26H,16-18H2,1-4H3,(H,31,38)/t26-/m1/s1. The lowest BCUT2D eigenvalue weighted by Crippen LogP contribution is -2.49. The highest BCUT2D eigenvalue weighted by atomic mass is 16.7. The molecule has 0 bridgehead atoms. The Bertz CT molecular complexity index is 1500. The zero-order valence-corrected chi connectivity index (χ0v) is 22.9. The molecule has 2 aromatic carbocycles. The lowest BCUT2D eigenvalue weighted by molar-refractivity contribution is -0.143. The highest BCUT2D eigenvalue weighted by Crippen LogP contribution is 2.34. The maximum Gasteiger partial charge on any atom is 0.247 e. The number of hydrogen-bond acceptors (Lipinski definition) is 8. The molecular weight excluding hydrogens is 510 g/mol. The smallest absolute Gasteiger partial charge is 0.247 e. The van der Waals surface area contributed by atoms with Crippen LogP contribution in [0.15, 0.2) is 67.0 Å². The van der Waals surface area contributed by atoms with Crippen LogP contribution in [0.1, 0.15) is 43.5 Å². The number of carbonyl (C=O) groups is 2. The first kappa shape index (κ1) is 26.8. The molecule has 1 N–H and O–H groups in total. The first-order valence-corrected chi connectivity index (χ1v) is 12.9. The van der Waals surface area contributed by atoms with Gasteiger partial charge in [-0.25, -0.2) is 0 Å². The third kappa shape index (κ3) is 6.25. The third-order valence-corrected chi connectivity index (χ3v) is 6.23. The van der Waals surface area contributed by atoms with Crippen LogP contribution in [-0.4, -0.2) is 54.2 Å². The van der Waals surface area contributed by atoms with Crippen LogP contribution in [0.2, 0.25) is 0 Å². The number of amides is 2. The SMILES string of the molecule is Cc1ccc(-c2nnn(CC(=O)N(Cc3ccc4c(c3)OCO4)[C@@H](C(=O)NC(C)(C)C)c3ccncc3)n2)cc1. The molecule has 2 aromatic heterocycles. The Labute approximate surface area is 232 Å². The number of aryl methyl sites for hydroxylation is 1. The summed E-state index contributed by atoms with van der Waals surface area (Å²) in [7, 11) is 0. The fourth-order valence-electron chi connectivity index (χ4n) is 4.36. The van der Waals surface area contributed by atoms with Gasteiger partial charge in [0.2, 0.25) is 24.4 Å². The summed E-state index contributed by atoms with van der Waals surface area (Å²) in [6, 6.07) is 15.7. The predicted molar refractivity (Wildman–Crippen MR) is 146 cm³/mol. The minimum absolute atomic E-state index is 0.125. The Balaban J connectivity index is 1.48. The molecule has 1 atom stereocenters. The molecule has 0 unspecified atom stereocenters. The predicted octanol–water partition coefficient (Wildman–Crippen LogP) is 3.46. The summed E-state index contributed by atoms with van der Waals surface area (Å²) in [6.07, 6.45) is 3.20. The highest BCUT2D eigenvalue weighted by molar-refractivity contribution is 5.89. The molecule has 206 valence electrons. The number of nitrogens with zero attached hydrogens (tertiary/aromatic N) is 6. The molecule has 5 rings (SSSR count). The third-order valence-electron chi connectivity index (χ3n) is 6.23. The van der Waals surface area contributed by atoms with Crippen molar-refractivity contribution in [2.24, 2.45) is 0 Å². The van der Waals surface area contributed by atoms with Crippen molar-refractivity contribution >= 4 is 11.8 Å². The molecule has 3 heterocycles. The lowest BCUT2D eigenvalue weighted by Gasteiger charge is -2.33. The van der Waals surface area contributed by atoms with Gasteiger partial charge in [-0.2, -0.15) is 4.80 Å². The van der Waals surface area contributed by atoms with Crippen LogP contribution in [0.3, 0.4) is 0 Å². The van der Waals surface area contributed by atoms with E-state index in [0.717, 1.165) is 16.7 Å². The van der Waals surface area contributed by atoms with Crippen molar-refractivity contribution in [1.82, 2.24) is 35.4 Å². The van der Waals surface area contributed by atoms with Crippen LogP contribution in [-0.2, 0) is 22.7 Å². The first-order valence-electron chi connectivity index (χ1n) is 12.9. The second-order valence-electron chi connectivity index (χ2n) is 10.6. The van der Waals surface area contributed by atoms with Crippen molar-refractivity contribution in [3.05, 3.63) is 83.7 Å². The molecule has 2 amide bonds. The van der Waals surface area contributed by atoms with Crippen LogP contribution in [0.4, 0.5) is 0 Å². The second-order valence-corrected chi connectivity index (χ2v) is 10.6. The summed E-state index contributed by atoms with van der Waals surface area (Å²) in [5, 5.41) is 15.7. The maximum absolute atomic E-state index is 14.0. The van der Waals surface area contributed by atoms with Crippen molar-refractivity contribution in [3.63, 3.8) is 0 Å². The van der Waals surface area contributed by atoms with Crippen LogP contribution in [0.25, 0.3) is 11.4 Å². The van der Waals surface area contributed by atoms with E-state index in [9.17, 15) is 9.59 Å². The second kappa shape index (κ2) is 11.1. The van der Waals surface area contributed by atoms with Gasteiger partial charge in [-0.1, -0.05) is 35.9 Å². The van der Waals surface area contributed by atoms with Crippen molar-refractivity contribution in [1.29, 1.82) is 0 Å². The molecule has 0 saturated heterocycles. The summed E-state index contributed by atoms with van der Waals surface area (Å²) in [5.74, 6) is 0.945. The normalized spacial score (nSPS) is 13.1. The van der Waals surface area contributed by atoms with Crippen molar-refractivity contribution in [2.75, 3.05) is 6.79 Å². The van der Waals surface area contributed by atoms with Gasteiger partial charge in [0.1, 0.15) is 12.6 Å². The van der Waals surface area contributed by atoms with E-state index in [1.807, 2.05) is 64.1 Å². The van der Waals surface area contributed by atoms with E-state index in [2.05, 4.69) is 25.7 Å². The zero-order chi connectivity index (χ0) is 28.3. The number of carbonyl (C=O) groups excluding carboxylic acids is 2. The summed E-state index contributed by atoms with van der Waals surface area (Å²) >= 11 is 0. The molecule has 0 saturated carbocycles. The van der Waals surface area contributed by atoms with Gasteiger partial charge in [0.25, 0.3) is 0 Å². The minimum Gasteiger partial charge on any atom is -0.454 e. The van der Waals surface area contributed by atoms with Crippen molar-refractivity contribution < 1.29 is 19.1 Å². The fourth-order valence-corrected chi connectivity index (χ4v) is 4.36. The Morgan fingerprint density at radius 2 is 1.75 bits per heavy atom. The summed E-state index contributed by atoms with van der Waals surface area (Å²) in [6.45, 7) is 7.72. The Hall–Kier alpha value is -4.80. The van der Waals surface area contributed by atoms with Crippen molar-refractivity contribution in [2.45, 2.75) is 52.4 Å². The average Bonchev–Trinajstić information content (AvgIpc) is 3.58. The number of aromatic nitrogens is 5. The van der Waals surface area contributed by atoms with E-state index in [4.69, 9.17) is 9.47 Å². The van der Waals surface area contributed by atoms with E-state index in [1.54, 1.807) is 30.6 Å². The Kier molecular flexibility index (Phi) is 7.45. The lowest BCUT2D eigenvalue weighted by atomic mass is 10.0. The Morgan fingerprint density at radius 1 is 1.02 bits per heavy atom. The van der Waals surface area contributed by atoms with Gasteiger partial charge in [-0.05, 0) is 68.3 Å². The van der Waals surface area contributed by atoms with Gasteiger partial charge in [0, 0.05) is 30.0 Å². The van der Waals surface area contributed by atoms with Gasteiger partial charge >= 0.3 is 0 Å². The molecule has 0 aliphatic carbocycles. The molecule has 40 heavy (non-hydrogen) atoms. The van der Waals surface area contributed by atoms with Gasteiger partial charge in [-0.3, -0.25) is 14.6 Å². The monoisotopic (exact) mass is 541 g/mol. The van der Waals surface area contributed by atoms with Crippen LogP contribution >= 0.6 is 0 Å². The van der Waals surface area contributed by atoms with Gasteiger partial charge in [0.05, 0.1) is 0 Å². The molecule has 0 fully saturated rings. The number of rotatable bonds is 8. The van der Waals surface area contributed by atoms with E-state index in [1.165, 1.54) is 9.70 Å². The largest absolute Gasteiger partial charge is 0.454 e. The van der Waals surface area contributed by atoms with Gasteiger partial charge in [-0.15, -0.1) is 10.2 Å². The van der Waals surface area contributed by atoms with E-state index in [-0.39, 0.29) is 31.7 Å². The number of ether oxygens (including phenoxy) is 2. The molecule has 11 nitrogen and oxygen atoms in total. The molecule has 1 aliphatic heterocycles. The number of benzene rings is 2. The molecular formula is C29H31N7O4. The van der Waals surface area contributed by atoms with Crippen LogP contribution < -0.4 is 14.8 Å². The average molecular weight is 542 g/mol. The Morgan fingerprint density at radius 3 is 2.48 bits per heavy atom. The molecule has 4 aromatic rings. The molecule has 11 heteroatoms. The summed E-state index contributed by atoms with van der Waals surface area (Å²) in [4.78, 5) is 34.6. The summed E-state index contributed by atoms with van der Waals surface area (Å²) < 4.78 is 11.0. The van der Waals surface area contributed by atoms with Crippen LogP contribution in [0, 0.1) is 6.92 Å². The van der Waals surface area contributed by atoms with Crippen molar-refractivity contribution in [3.8, 4) is 22.9 Å². The van der Waals surface area contributed by atoms with E-state index in [0.29, 0.717) is 22.9 Å². The topological polar surface area (TPSA) is 124 Å². The van der Waals surface area contributed by atoms with Crippen LogP contribution in [0.5, 0.6) is 11.5 Å². The number of nitrogens with one attached hydrogen (secondary N) is 1. The quantitative estimate of drug-likeness (QED) is 0.360. The maximum atomic E-state index is 14.0.